The van der Waals surface area contributed by atoms with E-state index in [1.807, 2.05) is 13.1 Å². The third-order valence-electron chi connectivity index (χ3n) is 5.35. The SMILES string of the molecule is CNC(c1cc(F)ccc1C)C1C(C)(C)C1(C)C. The Balaban J connectivity index is 2.39. The van der Waals surface area contributed by atoms with Crippen molar-refractivity contribution in [1.29, 1.82) is 0 Å². The summed E-state index contributed by atoms with van der Waals surface area (Å²) in [5, 5.41) is 3.39. The van der Waals surface area contributed by atoms with Gasteiger partial charge in [0.25, 0.3) is 0 Å². The van der Waals surface area contributed by atoms with Gasteiger partial charge in [0.1, 0.15) is 5.82 Å². The molecule has 2 heteroatoms. The number of nitrogens with one attached hydrogen (secondary N) is 1. The Morgan fingerprint density at radius 2 is 1.72 bits per heavy atom. The second-order valence-corrected chi connectivity index (χ2v) is 6.69. The predicted molar refractivity (Wildman–Crippen MR) is 74.0 cm³/mol. The zero-order valence-electron chi connectivity index (χ0n) is 12.3. The van der Waals surface area contributed by atoms with Crippen LogP contribution in [-0.4, -0.2) is 7.05 Å². The Kier molecular flexibility index (Phi) is 3.05. The van der Waals surface area contributed by atoms with E-state index < -0.39 is 0 Å². The van der Waals surface area contributed by atoms with Gasteiger partial charge in [0.05, 0.1) is 0 Å². The Labute approximate surface area is 110 Å². The van der Waals surface area contributed by atoms with Crippen molar-refractivity contribution < 1.29 is 4.39 Å². The Morgan fingerprint density at radius 1 is 1.17 bits per heavy atom. The molecule has 1 fully saturated rings. The Hall–Kier alpha value is -0.890. The number of benzene rings is 1. The fraction of sp³-hybridized carbons (Fsp3) is 0.625. The summed E-state index contributed by atoms with van der Waals surface area (Å²) < 4.78 is 13.5. The molecular weight excluding hydrogens is 225 g/mol. The van der Waals surface area contributed by atoms with Crippen molar-refractivity contribution in [2.24, 2.45) is 16.7 Å². The van der Waals surface area contributed by atoms with Gasteiger partial charge in [-0.1, -0.05) is 33.8 Å². The van der Waals surface area contributed by atoms with Crippen LogP contribution in [0, 0.1) is 29.5 Å². The molecule has 0 aromatic heterocycles. The van der Waals surface area contributed by atoms with Crippen LogP contribution in [0.5, 0.6) is 0 Å². The molecule has 1 N–H and O–H groups in total. The van der Waals surface area contributed by atoms with E-state index in [4.69, 9.17) is 0 Å². The summed E-state index contributed by atoms with van der Waals surface area (Å²) in [4.78, 5) is 0. The first-order valence-corrected chi connectivity index (χ1v) is 6.67. The first-order chi connectivity index (χ1) is 8.23. The van der Waals surface area contributed by atoms with Crippen LogP contribution in [0.3, 0.4) is 0 Å². The van der Waals surface area contributed by atoms with E-state index in [1.54, 1.807) is 6.07 Å². The van der Waals surface area contributed by atoms with E-state index in [9.17, 15) is 4.39 Å². The highest BCUT2D eigenvalue weighted by Gasteiger charge is 2.67. The molecule has 0 spiro atoms. The van der Waals surface area contributed by atoms with Crippen molar-refractivity contribution in [3.63, 3.8) is 0 Å². The van der Waals surface area contributed by atoms with Crippen LogP contribution in [-0.2, 0) is 0 Å². The van der Waals surface area contributed by atoms with Crippen molar-refractivity contribution in [3.8, 4) is 0 Å². The highest BCUT2D eigenvalue weighted by molar-refractivity contribution is 5.34. The first kappa shape index (κ1) is 13.5. The average Bonchev–Trinajstić information content (AvgIpc) is 2.67. The van der Waals surface area contributed by atoms with Gasteiger partial charge in [-0.2, -0.15) is 0 Å². The van der Waals surface area contributed by atoms with Crippen LogP contribution < -0.4 is 5.32 Å². The summed E-state index contributed by atoms with van der Waals surface area (Å²) in [5.74, 6) is 0.391. The predicted octanol–water partition coefficient (Wildman–Crippen LogP) is 4.08. The number of aryl methyl sites for hydroxylation is 1. The molecule has 0 aliphatic heterocycles. The molecule has 0 saturated heterocycles. The van der Waals surface area contributed by atoms with Crippen LogP contribution in [0.25, 0.3) is 0 Å². The normalized spacial score (nSPS) is 22.8. The van der Waals surface area contributed by atoms with E-state index >= 15 is 0 Å². The molecule has 100 valence electrons. The van der Waals surface area contributed by atoms with Crippen LogP contribution >= 0.6 is 0 Å². The molecule has 0 radical (unpaired) electrons. The maximum Gasteiger partial charge on any atom is 0.123 e. The largest absolute Gasteiger partial charge is 0.313 e. The maximum absolute atomic E-state index is 13.5. The molecule has 2 rings (SSSR count). The second kappa shape index (κ2) is 4.06. The summed E-state index contributed by atoms with van der Waals surface area (Å²) in [5.41, 5.74) is 2.84. The van der Waals surface area contributed by atoms with Crippen LogP contribution in [0.1, 0.15) is 44.9 Å². The van der Waals surface area contributed by atoms with Gasteiger partial charge in [0.2, 0.25) is 0 Å². The molecule has 1 aliphatic carbocycles. The van der Waals surface area contributed by atoms with Gasteiger partial charge in [-0.05, 0) is 54.0 Å². The van der Waals surface area contributed by atoms with E-state index in [-0.39, 0.29) is 11.9 Å². The van der Waals surface area contributed by atoms with Gasteiger partial charge >= 0.3 is 0 Å². The lowest BCUT2D eigenvalue weighted by Gasteiger charge is -2.21. The average molecular weight is 249 g/mol. The van der Waals surface area contributed by atoms with E-state index in [1.165, 1.54) is 6.07 Å². The number of rotatable bonds is 3. The lowest BCUT2D eigenvalue weighted by atomic mass is 9.93. The molecule has 1 unspecified atom stereocenters. The third kappa shape index (κ3) is 1.78. The number of halogens is 1. The van der Waals surface area contributed by atoms with Crippen molar-refractivity contribution >= 4 is 0 Å². The summed E-state index contributed by atoms with van der Waals surface area (Å²) in [6.07, 6.45) is 0. The minimum atomic E-state index is -0.146. The summed E-state index contributed by atoms with van der Waals surface area (Å²) >= 11 is 0. The van der Waals surface area contributed by atoms with Crippen LogP contribution in [0.2, 0.25) is 0 Å². The maximum atomic E-state index is 13.5. The van der Waals surface area contributed by atoms with Gasteiger partial charge in [0.15, 0.2) is 0 Å². The van der Waals surface area contributed by atoms with Crippen LogP contribution in [0.4, 0.5) is 4.39 Å². The molecule has 18 heavy (non-hydrogen) atoms. The number of hydrogen-bond acceptors (Lipinski definition) is 1. The molecule has 0 heterocycles. The first-order valence-electron chi connectivity index (χ1n) is 6.67. The van der Waals surface area contributed by atoms with E-state index in [2.05, 4.69) is 39.9 Å². The van der Waals surface area contributed by atoms with Gasteiger partial charge in [-0.25, -0.2) is 4.39 Å². The van der Waals surface area contributed by atoms with E-state index in [0.717, 1.165) is 11.1 Å². The second-order valence-electron chi connectivity index (χ2n) is 6.69. The molecular formula is C16H24FN. The monoisotopic (exact) mass is 249 g/mol. The summed E-state index contributed by atoms with van der Waals surface area (Å²) in [7, 11) is 1.97. The van der Waals surface area contributed by atoms with Crippen molar-refractivity contribution in [1.82, 2.24) is 5.32 Å². The molecule has 1 atom stereocenters. The zero-order valence-corrected chi connectivity index (χ0v) is 12.3. The summed E-state index contributed by atoms with van der Waals surface area (Å²) in [6.45, 7) is 11.3. The van der Waals surface area contributed by atoms with Gasteiger partial charge in [-0.15, -0.1) is 0 Å². The topological polar surface area (TPSA) is 12.0 Å². The van der Waals surface area contributed by atoms with Gasteiger partial charge in [-0.3, -0.25) is 0 Å². The smallest absolute Gasteiger partial charge is 0.123 e. The molecule has 1 aromatic rings. The fourth-order valence-corrected chi connectivity index (χ4v) is 3.53. The minimum Gasteiger partial charge on any atom is -0.313 e. The fourth-order valence-electron chi connectivity index (χ4n) is 3.53. The summed E-state index contributed by atoms with van der Waals surface area (Å²) in [6, 6.07) is 5.32. The van der Waals surface area contributed by atoms with Gasteiger partial charge in [0, 0.05) is 6.04 Å². The Morgan fingerprint density at radius 3 is 2.17 bits per heavy atom. The van der Waals surface area contributed by atoms with Crippen LogP contribution in [0.15, 0.2) is 18.2 Å². The van der Waals surface area contributed by atoms with E-state index in [0.29, 0.717) is 16.7 Å². The molecule has 1 aromatic carbocycles. The van der Waals surface area contributed by atoms with Crippen molar-refractivity contribution in [2.45, 2.75) is 40.7 Å². The Bertz CT molecular complexity index is 448. The molecule has 0 bridgehead atoms. The lowest BCUT2D eigenvalue weighted by molar-refractivity contribution is 0.434. The minimum absolute atomic E-state index is 0.146. The quantitative estimate of drug-likeness (QED) is 0.851. The van der Waals surface area contributed by atoms with Crippen molar-refractivity contribution in [3.05, 3.63) is 35.1 Å². The highest BCUT2D eigenvalue weighted by atomic mass is 19.1. The standard InChI is InChI=1S/C16H24FN/c1-10-7-8-11(17)9-12(10)13(18-6)14-15(2,3)16(14,4)5/h7-9,13-14,18H,1-6H3. The number of hydrogen-bond donors (Lipinski definition) is 1. The lowest BCUT2D eigenvalue weighted by Crippen LogP contribution is -2.22. The van der Waals surface area contributed by atoms with Crippen molar-refractivity contribution in [2.75, 3.05) is 7.05 Å². The van der Waals surface area contributed by atoms with Gasteiger partial charge < -0.3 is 5.32 Å². The highest BCUT2D eigenvalue weighted by Crippen LogP contribution is 2.72. The molecule has 1 aliphatic rings. The zero-order chi connectivity index (χ0) is 13.7. The molecule has 1 saturated carbocycles. The third-order valence-corrected chi connectivity index (χ3v) is 5.35. The molecule has 0 amide bonds. The molecule has 1 nitrogen and oxygen atoms in total.